The lowest BCUT2D eigenvalue weighted by atomic mass is 10.00. The van der Waals surface area contributed by atoms with Gasteiger partial charge in [-0.25, -0.2) is 4.79 Å². The lowest BCUT2D eigenvalue weighted by Crippen LogP contribution is -2.26. The Balaban J connectivity index is 1.45. The number of imidazole rings is 1. The monoisotopic (exact) mass is 465 g/mol. The van der Waals surface area contributed by atoms with Crippen molar-refractivity contribution in [2.24, 2.45) is 0 Å². The Kier molecular flexibility index (Phi) is 6.34. The third kappa shape index (κ3) is 4.55. The van der Waals surface area contributed by atoms with Gasteiger partial charge in [0.1, 0.15) is 0 Å². The molecule has 0 amide bonds. The van der Waals surface area contributed by atoms with Crippen LogP contribution in [0.15, 0.2) is 77.9 Å². The molecular weight excluding hydrogens is 438 g/mol. The van der Waals surface area contributed by atoms with Crippen molar-refractivity contribution in [3.8, 4) is 22.5 Å². The van der Waals surface area contributed by atoms with Gasteiger partial charge in [-0.05, 0) is 46.9 Å². The number of hydrogen-bond acceptors (Lipinski definition) is 5. The molecule has 5 rings (SSSR count). The van der Waals surface area contributed by atoms with E-state index in [9.17, 15) is 4.79 Å². The first-order valence-corrected chi connectivity index (χ1v) is 11.8. The molecule has 5 aromatic rings. The molecule has 0 aliphatic carbocycles. The number of H-pyrrole nitrogens is 1. The minimum Gasteiger partial charge on any atom is -0.292 e. The summed E-state index contributed by atoms with van der Waals surface area (Å²) in [6.07, 6.45) is 5.34. The van der Waals surface area contributed by atoms with E-state index < -0.39 is 0 Å². The maximum absolute atomic E-state index is 13.5. The lowest BCUT2D eigenvalue weighted by Gasteiger charge is -2.10. The predicted molar refractivity (Wildman–Crippen MR) is 135 cm³/mol. The molecule has 35 heavy (non-hydrogen) atoms. The number of nitrogens with zero attached hydrogens (tertiary/aromatic N) is 6. The van der Waals surface area contributed by atoms with Gasteiger partial charge in [0.25, 0.3) is 0 Å². The van der Waals surface area contributed by atoms with Crippen molar-refractivity contribution in [1.82, 2.24) is 34.7 Å². The maximum atomic E-state index is 13.5. The molecule has 176 valence electrons. The van der Waals surface area contributed by atoms with E-state index >= 15 is 0 Å². The molecule has 1 N–H and O–H groups in total. The molecule has 2 aromatic carbocycles. The molecule has 0 unspecified atom stereocenters. The van der Waals surface area contributed by atoms with E-state index in [1.165, 1.54) is 0 Å². The molecule has 0 saturated carbocycles. The van der Waals surface area contributed by atoms with Crippen LogP contribution in [0.5, 0.6) is 0 Å². The molecule has 0 radical (unpaired) electrons. The average molecular weight is 466 g/mol. The smallest absolute Gasteiger partial charge is 0.292 e. The Morgan fingerprint density at radius 2 is 1.63 bits per heavy atom. The Hall–Kier alpha value is -4.33. The third-order valence-electron chi connectivity index (χ3n) is 6.29. The number of aromatic amines is 1. The summed E-state index contributed by atoms with van der Waals surface area (Å²) in [6, 6.07) is 20.3. The van der Waals surface area contributed by atoms with Crippen LogP contribution in [-0.4, -0.2) is 34.7 Å². The second kappa shape index (κ2) is 9.89. The van der Waals surface area contributed by atoms with Crippen LogP contribution in [0.2, 0.25) is 0 Å². The molecule has 8 heteroatoms. The highest BCUT2D eigenvalue weighted by Crippen LogP contribution is 2.29. The van der Waals surface area contributed by atoms with Crippen molar-refractivity contribution >= 4 is 0 Å². The molecule has 0 atom stereocenters. The Morgan fingerprint density at radius 3 is 2.34 bits per heavy atom. The van der Waals surface area contributed by atoms with E-state index in [1.807, 2.05) is 33.4 Å². The highest BCUT2D eigenvalue weighted by Gasteiger charge is 2.17. The van der Waals surface area contributed by atoms with Crippen LogP contribution in [0, 0.1) is 6.92 Å². The van der Waals surface area contributed by atoms with Crippen LogP contribution in [0.1, 0.15) is 35.9 Å². The number of hydrogen-bond donors (Lipinski definition) is 1. The minimum absolute atomic E-state index is 0.0346. The predicted octanol–water partition coefficient (Wildman–Crippen LogP) is 4.25. The van der Waals surface area contributed by atoms with Gasteiger partial charge in [-0.2, -0.15) is 5.21 Å². The zero-order valence-corrected chi connectivity index (χ0v) is 19.8. The molecule has 3 heterocycles. The molecule has 0 fully saturated rings. The van der Waals surface area contributed by atoms with E-state index in [4.69, 9.17) is 0 Å². The second-order valence-electron chi connectivity index (χ2n) is 8.58. The van der Waals surface area contributed by atoms with E-state index in [0.29, 0.717) is 18.9 Å². The first-order valence-electron chi connectivity index (χ1n) is 11.8. The van der Waals surface area contributed by atoms with Crippen molar-refractivity contribution in [3.05, 3.63) is 106 Å². The third-order valence-corrected chi connectivity index (χ3v) is 6.29. The summed E-state index contributed by atoms with van der Waals surface area (Å²) in [7, 11) is 0. The number of nitrogens with one attached hydrogen (secondary N) is 1. The van der Waals surface area contributed by atoms with Crippen molar-refractivity contribution < 1.29 is 0 Å². The fraction of sp³-hybridized carbons (Fsp3) is 0.222. The van der Waals surface area contributed by atoms with Crippen LogP contribution in [-0.2, 0) is 19.5 Å². The summed E-state index contributed by atoms with van der Waals surface area (Å²) in [5.41, 5.74) is 7.18. The highest BCUT2D eigenvalue weighted by molar-refractivity contribution is 5.79. The molecular formula is C27H27N7O. The summed E-state index contributed by atoms with van der Waals surface area (Å²) in [6.45, 7) is 5.31. The quantitative estimate of drug-likeness (QED) is 0.370. The number of aromatic nitrogens is 7. The Morgan fingerprint density at radius 1 is 0.886 bits per heavy atom. The molecule has 0 saturated heterocycles. The standard InChI is InChI=1S/C27H27N7O/c1-3-7-25-19(2)33(17-20-8-5-4-6-9-20)27(35)34(25)18-21-10-12-22(13-11-21)23-14-15-28-16-24(23)26-29-31-32-30-26/h4-6,8-16H,3,7,17-18H2,1-2H3,(H,29,30,31,32). The molecule has 0 spiro atoms. The van der Waals surface area contributed by atoms with Crippen LogP contribution in [0.4, 0.5) is 0 Å². The summed E-state index contributed by atoms with van der Waals surface area (Å²) in [5.74, 6) is 0.503. The van der Waals surface area contributed by atoms with E-state index in [2.05, 4.69) is 75.9 Å². The number of tetrazole rings is 1. The zero-order chi connectivity index (χ0) is 24.2. The van der Waals surface area contributed by atoms with Crippen molar-refractivity contribution in [1.29, 1.82) is 0 Å². The Bertz CT molecular complexity index is 1470. The fourth-order valence-corrected chi connectivity index (χ4v) is 4.50. The molecule has 3 aromatic heterocycles. The van der Waals surface area contributed by atoms with Gasteiger partial charge < -0.3 is 0 Å². The van der Waals surface area contributed by atoms with Gasteiger partial charge in [0, 0.05) is 29.3 Å². The number of pyridine rings is 1. The normalized spacial score (nSPS) is 11.1. The Labute approximate surface area is 203 Å². The SMILES string of the molecule is CCCc1c(C)n(Cc2ccccc2)c(=O)n1Cc1ccc(-c2ccncc2-c2nn[nH]n2)cc1. The van der Waals surface area contributed by atoms with E-state index in [0.717, 1.165) is 52.0 Å². The van der Waals surface area contributed by atoms with Crippen LogP contribution in [0.3, 0.4) is 0 Å². The first-order chi connectivity index (χ1) is 17.2. The average Bonchev–Trinajstić information content (AvgIpc) is 3.51. The van der Waals surface area contributed by atoms with E-state index in [1.54, 1.807) is 12.4 Å². The van der Waals surface area contributed by atoms with Gasteiger partial charge in [0.2, 0.25) is 5.82 Å². The number of rotatable bonds is 8. The second-order valence-corrected chi connectivity index (χ2v) is 8.58. The summed E-state index contributed by atoms with van der Waals surface area (Å²) >= 11 is 0. The van der Waals surface area contributed by atoms with Crippen molar-refractivity contribution in [2.45, 2.75) is 39.8 Å². The van der Waals surface area contributed by atoms with Crippen LogP contribution < -0.4 is 5.69 Å². The van der Waals surface area contributed by atoms with Crippen molar-refractivity contribution in [2.75, 3.05) is 0 Å². The van der Waals surface area contributed by atoms with Crippen LogP contribution >= 0.6 is 0 Å². The van der Waals surface area contributed by atoms with Gasteiger partial charge in [-0.3, -0.25) is 14.1 Å². The van der Waals surface area contributed by atoms with Crippen LogP contribution in [0.25, 0.3) is 22.5 Å². The molecule has 0 aliphatic heterocycles. The highest BCUT2D eigenvalue weighted by atomic mass is 16.1. The summed E-state index contributed by atoms with van der Waals surface area (Å²) < 4.78 is 3.82. The first kappa shape index (κ1) is 22.5. The van der Waals surface area contributed by atoms with Gasteiger partial charge in [0.05, 0.1) is 13.1 Å². The topological polar surface area (TPSA) is 94.3 Å². The summed E-state index contributed by atoms with van der Waals surface area (Å²) in [5, 5.41) is 14.3. The number of benzene rings is 2. The van der Waals surface area contributed by atoms with Gasteiger partial charge >= 0.3 is 5.69 Å². The molecule has 8 nitrogen and oxygen atoms in total. The van der Waals surface area contributed by atoms with Crippen molar-refractivity contribution in [3.63, 3.8) is 0 Å². The molecule has 0 bridgehead atoms. The lowest BCUT2D eigenvalue weighted by molar-refractivity contribution is 0.662. The van der Waals surface area contributed by atoms with Gasteiger partial charge in [0.15, 0.2) is 0 Å². The minimum atomic E-state index is 0.0346. The van der Waals surface area contributed by atoms with Gasteiger partial charge in [-0.15, -0.1) is 10.2 Å². The zero-order valence-electron chi connectivity index (χ0n) is 19.8. The fourth-order valence-electron chi connectivity index (χ4n) is 4.50. The summed E-state index contributed by atoms with van der Waals surface area (Å²) in [4.78, 5) is 17.7. The largest absolute Gasteiger partial charge is 0.329 e. The van der Waals surface area contributed by atoms with Gasteiger partial charge in [-0.1, -0.05) is 67.9 Å². The van der Waals surface area contributed by atoms with E-state index in [-0.39, 0.29) is 5.69 Å². The maximum Gasteiger partial charge on any atom is 0.329 e. The molecule has 0 aliphatic rings.